The van der Waals surface area contributed by atoms with Gasteiger partial charge in [-0.3, -0.25) is 0 Å². The summed E-state index contributed by atoms with van der Waals surface area (Å²) in [4.78, 5) is 0. The summed E-state index contributed by atoms with van der Waals surface area (Å²) in [5.74, 6) is 0.693. The minimum absolute atomic E-state index is 0.294. The van der Waals surface area contributed by atoms with E-state index in [0.717, 1.165) is 0 Å². The van der Waals surface area contributed by atoms with Crippen LogP contribution in [0.2, 0.25) is 0 Å². The smallest absolute Gasteiger partial charge is 0.168 e. The quantitative estimate of drug-likeness (QED) is 0.798. The van der Waals surface area contributed by atoms with Crippen LogP contribution in [0.25, 0.3) is 0 Å². The molecule has 0 aliphatic heterocycles. The molecular weight excluding hydrogens is 185 g/mol. The highest BCUT2D eigenvalue weighted by molar-refractivity contribution is 5.47. The van der Waals surface area contributed by atoms with E-state index in [-0.39, 0.29) is 5.82 Å². The Labute approximate surface area is 82.8 Å². The average Bonchev–Trinajstić information content (AvgIpc) is 2.21. The van der Waals surface area contributed by atoms with Crippen LogP contribution in [-0.2, 0) is 6.54 Å². The molecule has 1 rings (SSSR count). The van der Waals surface area contributed by atoms with E-state index in [1.165, 1.54) is 20.3 Å². The second kappa shape index (κ2) is 4.81. The number of halogens is 1. The summed E-state index contributed by atoms with van der Waals surface area (Å²) >= 11 is 0. The van der Waals surface area contributed by atoms with E-state index in [9.17, 15) is 4.39 Å². The fourth-order valence-corrected chi connectivity index (χ4v) is 1.31. The van der Waals surface area contributed by atoms with Gasteiger partial charge in [0.25, 0.3) is 0 Å². The predicted molar refractivity (Wildman–Crippen MR) is 52.3 cm³/mol. The fraction of sp³-hybridized carbons (Fsp3) is 0.400. The Morgan fingerprint density at radius 2 is 2.00 bits per heavy atom. The Hall–Kier alpha value is -1.29. The van der Waals surface area contributed by atoms with E-state index >= 15 is 0 Å². The van der Waals surface area contributed by atoms with Crippen molar-refractivity contribution in [1.29, 1.82) is 0 Å². The standard InChI is InChI=1S/C10H14FNO2/c1-12-6-7-8(11)4-5-9(13-2)10(7)14-3/h4-5,12H,6H2,1-3H3. The van der Waals surface area contributed by atoms with Gasteiger partial charge in [-0.1, -0.05) is 0 Å². The number of hydrogen-bond donors (Lipinski definition) is 1. The van der Waals surface area contributed by atoms with E-state index < -0.39 is 0 Å². The SMILES string of the molecule is CNCc1c(F)ccc(OC)c1OC. The van der Waals surface area contributed by atoms with E-state index in [1.807, 2.05) is 0 Å². The molecule has 0 aliphatic rings. The zero-order chi connectivity index (χ0) is 10.6. The van der Waals surface area contributed by atoms with Gasteiger partial charge in [-0.15, -0.1) is 0 Å². The third-order valence-electron chi connectivity index (χ3n) is 1.94. The van der Waals surface area contributed by atoms with Gasteiger partial charge in [-0.05, 0) is 19.2 Å². The van der Waals surface area contributed by atoms with Crippen molar-refractivity contribution in [3.8, 4) is 11.5 Å². The zero-order valence-electron chi connectivity index (χ0n) is 8.56. The van der Waals surface area contributed by atoms with Crippen LogP contribution in [0.3, 0.4) is 0 Å². The van der Waals surface area contributed by atoms with Crippen LogP contribution in [0.15, 0.2) is 12.1 Å². The van der Waals surface area contributed by atoms with Crippen molar-refractivity contribution >= 4 is 0 Å². The molecular formula is C10H14FNO2. The second-order valence-corrected chi connectivity index (χ2v) is 2.79. The van der Waals surface area contributed by atoms with Crippen LogP contribution in [0.4, 0.5) is 4.39 Å². The van der Waals surface area contributed by atoms with E-state index in [4.69, 9.17) is 9.47 Å². The molecule has 1 aromatic carbocycles. The maximum Gasteiger partial charge on any atom is 0.168 e. The van der Waals surface area contributed by atoms with Crippen LogP contribution in [-0.4, -0.2) is 21.3 Å². The molecule has 0 atom stereocenters. The highest BCUT2D eigenvalue weighted by Crippen LogP contribution is 2.32. The Balaban J connectivity index is 3.20. The summed E-state index contributed by atoms with van der Waals surface area (Å²) in [6, 6.07) is 2.92. The van der Waals surface area contributed by atoms with Crippen molar-refractivity contribution in [2.45, 2.75) is 6.54 Å². The number of rotatable bonds is 4. The van der Waals surface area contributed by atoms with E-state index in [1.54, 1.807) is 13.1 Å². The van der Waals surface area contributed by atoms with Crippen LogP contribution in [0, 0.1) is 5.82 Å². The number of nitrogens with one attached hydrogen (secondary N) is 1. The molecule has 78 valence electrons. The normalized spacial score (nSPS) is 10.0. The van der Waals surface area contributed by atoms with Gasteiger partial charge < -0.3 is 14.8 Å². The molecule has 0 fully saturated rings. The predicted octanol–water partition coefficient (Wildman–Crippen LogP) is 1.56. The molecule has 1 N–H and O–H groups in total. The molecule has 0 amide bonds. The van der Waals surface area contributed by atoms with Crippen molar-refractivity contribution in [2.24, 2.45) is 0 Å². The summed E-state index contributed by atoms with van der Waals surface area (Å²) < 4.78 is 23.5. The van der Waals surface area contributed by atoms with Gasteiger partial charge in [0.1, 0.15) is 5.82 Å². The number of hydrogen-bond acceptors (Lipinski definition) is 3. The van der Waals surface area contributed by atoms with Gasteiger partial charge in [0.15, 0.2) is 11.5 Å². The number of methoxy groups -OCH3 is 2. The zero-order valence-corrected chi connectivity index (χ0v) is 8.56. The monoisotopic (exact) mass is 199 g/mol. The van der Waals surface area contributed by atoms with Gasteiger partial charge in [0.05, 0.1) is 14.2 Å². The van der Waals surface area contributed by atoms with Crippen LogP contribution in [0.1, 0.15) is 5.56 Å². The summed E-state index contributed by atoms with van der Waals surface area (Å²) in [5.41, 5.74) is 0.481. The molecule has 14 heavy (non-hydrogen) atoms. The highest BCUT2D eigenvalue weighted by Gasteiger charge is 2.13. The molecule has 1 aromatic rings. The Morgan fingerprint density at radius 3 is 2.50 bits per heavy atom. The molecule has 0 aliphatic carbocycles. The number of ether oxygens (including phenoxy) is 2. The van der Waals surface area contributed by atoms with Crippen molar-refractivity contribution < 1.29 is 13.9 Å². The van der Waals surface area contributed by atoms with Gasteiger partial charge in [0.2, 0.25) is 0 Å². The summed E-state index contributed by atoms with van der Waals surface area (Å²) in [7, 11) is 4.77. The summed E-state index contributed by atoms with van der Waals surface area (Å²) in [6.07, 6.45) is 0. The Kier molecular flexibility index (Phi) is 3.71. The van der Waals surface area contributed by atoms with Crippen molar-refractivity contribution in [3.05, 3.63) is 23.5 Å². The Bertz CT molecular complexity index is 315. The maximum atomic E-state index is 13.4. The Morgan fingerprint density at radius 1 is 1.29 bits per heavy atom. The molecule has 0 unspecified atom stereocenters. The maximum absolute atomic E-state index is 13.4. The molecule has 0 radical (unpaired) electrons. The van der Waals surface area contributed by atoms with Crippen molar-refractivity contribution in [1.82, 2.24) is 5.32 Å². The first-order valence-corrected chi connectivity index (χ1v) is 4.28. The van der Waals surface area contributed by atoms with Gasteiger partial charge >= 0.3 is 0 Å². The van der Waals surface area contributed by atoms with Gasteiger partial charge in [0, 0.05) is 12.1 Å². The van der Waals surface area contributed by atoms with E-state index in [2.05, 4.69) is 5.32 Å². The van der Waals surface area contributed by atoms with Gasteiger partial charge in [-0.2, -0.15) is 0 Å². The van der Waals surface area contributed by atoms with Gasteiger partial charge in [-0.25, -0.2) is 4.39 Å². The lowest BCUT2D eigenvalue weighted by Crippen LogP contribution is -2.09. The first-order chi connectivity index (χ1) is 6.74. The number of benzene rings is 1. The lowest BCUT2D eigenvalue weighted by Gasteiger charge is -2.12. The average molecular weight is 199 g/mol. The molecule has 3 nitrogen and oxygen atoms in total. The minimum atomic E-state index is -0.294. The molecule has 0 saturated heterocycles. The molecule has 0 saturated carbocycles. The topological polar surface area (TPSA) is 30.5 Å². The summed E-state index contributed by atoms with van der Waals surface area (Å²) in [6.45, 7) is 0.409. The van der Waals surface area contributed by atoms with Crippen molar-refractivity contribution in [2.75, 3.05) is 21.3 Å². The first kappa shape index (κ1) is 10.8. The summed E-state index contributed by atoms with van der Waals surface area (Å²) in [5, 5.41) is 2.88. The van der Waals surface area contributed by atoms with Crippen LogP contribution in [0.5, 0.6) is 11.5 Å². The van der Waals surface area contributed by atoms with Crippen LogP contribution < -0.4 is 14.8 Å². The lowest BCUT2D eigenvalue weighted by atomic mass is 10.1. The second-order valence-electron chi connectivity index (χ2n) is 2.79. The largest absolute Gasteiger partial charge is 0.493 e. The minimum Gasteiger partial charge on any atom is -0.493 e. The van der Waals surface area contributed by atoms with E-state index in [0.29, 0.717) is 23.6 Å². The first-order valence-electron chi connectivity index (χ1n) is 4.28. The molecule has 0 spiro atoms. The molecule has 4 heteroatoms. The molecule has 0 aromatic heterocycles. The third-order valence-corrected chi connectivity index (χ3v) is 1.94. The molecule has 0 bridgehead atoms. The lowest BCUT2D eigenvalue weighted by molar-refractivity contribution is 0.347. The van der Waals surface area contributed by atoms with Crippen molar-refractivity contribution in [3.63, 3.8) is 0 Å². The highest BCUT2D eigenvalue weighted by atomic mass is 19.1. The third kappa shape index (κ3) is 1.96. The van der Waals surface area contributed by atoms with Crippen LogP contribution >= 0.6 is 0 Å². The molecule has 0 heterocycles. The fourth-order valence-electron chi connectivity index (χ4n) is 1.31.